The lowest BCUT2D eigenvalue weighted by molar-refractivity contribution is 0.0123. The highest BCUT2D eigenvalue weighted by atomic mass is 19.1. The number of nitrogens with one attached hydrogen (secondary N) is 1. The lowest BCUT2D eigenvalue weighted by Crippen LogP contribution is -2.45. The van der Waals surface area contributed by atoms with Gasteiger partial charge in [-0.15, -0.1) is 0 Å². The molecule has 7 nitrogen and oxygen atoms in total. The zero-order valence-electron chi connectivity index (χ0n) is 18.9. The first-order valence-electron chi connectivity index (χ1n) is 11.1. The maximum atomic E-state index is 13.9. The van der Waals surface area contributed by atoms with Gasteiger partial charge in [-0.3, -0.25) is 9.88 Å². The molecule has 2 bridgehead atoms. The van der Waals surface area contributed by atoms with Crippen LogP contribution in [0.2, 0.25) is 0 Å². The number of rotatable bonds is 3. The molecule has 1 aromatic carbocycles. The fourth-order valence-electron chi connectivity index (χ4n) is 4.63. The standard InChI is InChI=1S/C25H26FN5O2/c1-25(2,3)33-24(32)31-18-7-8-20(31)21-19(14-18)29-22(15-9-11-27-12-10-15)30-23(21)28-17-6-4-5-16(26)13-17/h4-6,9-13,18,20H,7-8,14H2,1-3H3,(H,28,29,30)/t18-,20-/m1/s1. The van der Waals surface area contributed by atoms with Crippen LogP contribution in [0, 0.1) is 5.82 Å². The highest BCUT2D eigenvalue weighted by Crippen LogP contribution is 2.47. The second-order valence-electron chi connectivity index (χ2n) is 9.47. The maximum Gasteiger partial charge on any atom is 0.411 e. The smallest absolute Gasteiger partial charge is 0.411 e. The summed E-state index contributed by atoms with van der Waals surface area (Å²) < 4.78 is 19.6. The number of pyridine rings is 1. The topological polar surface area (TPSA) is 80.2 Å². The predicted molar refractivity (Wildman–Crippen MR) is 122 cm³/mol. The maximum absolute atomic E-state index is 13.9. The van der Waals surface area contributed by atoms with Gasteiger partial charge < -0.3 is 10.1 Å². The van der Waals surface area contributed by atoms with Crippen molar-refractivity contribution in [3.8, 4) is 11.4 Å². The number of fused-ring (bicyclic) bond motifs is 4. The zero-order chi connectivity index (χ0) is 23.2. The quantitative estimate of drug-likeness (QED) is 0.578. The molecule has 8 heteroatoms. The number of aromatic nitrogens is 3. The SMILES string of the molecule is CC(C)(C)OC(=O)N1[C@@H]2CC[C@@H]1c1c(nc(-c3ccncc3)nc1Nc1cccc(F)c1)C2. The van der Waals surface area contributed by atoms with Crippen LogP contribution in [0.5, 0.6) is 0 Å². The van der Waals surface area contributed by atoms with Crippen LogP contribution in [0.25, 0.3) is 11.4 Å². The molecule has 2 aromatic heterocycles. The van der Waals surface area contributed by atoms with Gasteiger partial charge in [-0.05, 0) is 63.9 Å². The Morgan fingerprint density at radius 2 is 1.94 bits per heavy atom. The molecule has 2 aliphatic heterocycles. The Bertz CT molecular complexity index is 1200. The molecule has 3 aromatic rings. The fourth-order valence-corrected chi connectivity index (χ4v) is 4.63. The predicted octanol–water partition coefficient (Wildman–Crippen LogP) is 5.42. The Kier molecular flexibility index (Phi) is 5.23. The summed E-state index contributed by atoms with van der Waals surface area (Å²) in [4.78, 5) is 28.7. The minimum atomic E-state index is -0.582. The summed E-state index contributed by atoms with van der Waals surface area (Å²) in [5.74, 6) is 0.810. The van der Waals surface area contributed by atoms with E-state index in [0.717, 1.165) is 29.7 Å². The Morgan fingerprint density at radius 1 is 1.15 bits per heavy atom. The molecule has 170 valence electrons. The Morgan fingerprint density at radius 3 is 2.67 bits per heavy atom. The first-order chi connectivity index (χ1) is 15.8. The summed E-state index contributed by atoms with van der Waals surface area (Å²) in [7, 11) is 0. The van der Waals surface area contributed by atoms with Crippen LogP contribution in [0.3, 0.4) is 0 Å². The van der Waals surface area contributed by atoms with Gasteiger partial charge in [-0.2, -0.15) is 0 Å². The molecule has 0 unspecified atom stereocenters. The first-order valence-corrected chi connectivity index (χ1v) is 11.1. The van der Waals surface area contributed by atoms with E-state index in [1.807, 2.05) is 37.8 Å². The van der Waals surface area contributed by atoms with Gasteiger partial charge in [0.2, 0.25) is 0 Å². The van der Waals surface area contributed by atoms with Gasteiger partial charge in [0, 0.05) is 41.7 Å². The Hall–Kier alpha value is -3.55. The molecule has 33 heavy (non-hydrogen) atoms. The highest BCUT2D eigenvalue weighted by molar-refractivity contribution is 5.73. The molecule has 0 radical (unpaired) electrons. The van der Waals surface area contributed by atoms with E-state index in [-0.39, 0.29) is 24.0 Å². The number of carbonyl (C=O) groups excluding carboxylic acids is 1. The van der Waals surface area contributed by atoms with Gasteiger partial charge in [0.15, 0.2) is 5.82 Å². The van der Waals surface area contributed by atoms with Crippen LogP contribution in [0.15, 0.2) is 48.8 Å². The van der Waals surface area contributed by atoms with Gasteiger partial charge in [-0.25, -0.2) is 19.2 Å². The summed E-state index contributed by atoms with van der Waals surface area (Å²) in [6.45, 7) is 5.60. The summed E-state index contributed by atoms with van der Waals surface area (Å²) in [5.41, 5.74) is 2.62. The van der Waals surface area contributed by atoms with E-state index in [9.17, 15) is 9.18 Å². The average molecular weight is 448 g/mol. The van der Waals surface area contributed by atoms with Crippen LogP contribution < -0.4 is 5.32 Å². The van der Waals surface area contributed by atoms with E-state index < -0.39 is 5.60 Å². The first kappa shape index (κ1) is 21.3. The number of halogens is 1. The number of hydrogen-bond acceptors (Lipinski definition) is 6. The summed E-state index contributed by atoms with van der Waals surface area (Å²) in [6, 6.07) is 9.80. The van der Waals surface area contributed by atoms with Crippen LogP contribution in [0.4, 0.5) is 20.7 Å². The molecule has 0 spiro atoms. The van der Waals surface area contributed by atoms with Gasteiger partial charge in [0.1, 0.15) is 17.2 Å². The van der Waals surface area contributed by atoms with Crippen LogP contribution in [-0.2, 0) is 11.2 Å². The van der Waals surface area contributed by atoms with Crippen molar-refractivity contribution in [3.63, 3.8) is 0 Å². The molecule has 1 saturated heterocycles. The second-order valence-corrected chi connectivity index (χ2v) is 9.47. The molecule has 2 aliphatic rings. The highest BCUT2D eigenvalue weighted by Gasteiger charge is 2.46. The third-order valence-corrected chi connectivity index (χ3v) is 5.92. The van der Waals surface area contributed by atoms with Crippen molar-refractivity contribution in [2.75, 3.05) is 5.32 Å². The Labute approximate surface area is 192 Å². The van der Waals surface area contributed by atoms with E-state index >= 15 is 0 Å². The van der Waals surface area contributed by atoms with Crippen molar-refractivity contribution in [2.24, 2.45) is 0 Å². The van der Waals surface area contributed by atoms with E-state index in [0.29, 0.717) is 23.8 Å². The lowest BCUT2D eigenvalue weighted by atomic mass is 9.97. The van der Waals surface area contributed by atoms with E-state index in [1.165, 1.54) is 12.1 Å². The van der Waals surface area contributed by atoms with Gasteiger partial charge >= 0.3 is 6.09 Å². The molecule has 4 heterocycles. The summed E-state index contributed by atoms with van der Waals surface area (Å²) in [6.07, 6.45) is 5.35. The number of hydrogen-bond donors (Lipinski definition) is 1. The number of anilines is 2. The molecule has 0 aliphatic carbocycles. The van der Waals surface area contributed by atoms with E-state index in [2.05, 4.69) is 10.3 Å². The van der Waals surface area contributed by atoms with Crippen molar-refractivity contribution in [1.29, 1.82) is 0 Å². The zero-order valence-corrected chi connectivity index (χ0v) is 18.9. The molecule has 1 amide bonds. The van der Waals surface area contributed by atoms with E-state index in [1.54, 1.807) is 24.5 Å². The molecule has 1 fully saturated rings. The van der Waals surface area contributed by atoms with Crippen LogP contribution >= 0.6 is 0 Å². The van der Waals surface area contributed by atoms with Crippen molar-refractivity contribution < 1.29 is 13.9 Å². The molecule has 1 N–H and O–H groups in total. The molecular formula is C25H26FN5O2. The van der Waals surface area contributed by atoms with Gasteiger partial charge in [-0.1, -0.05) is 6.07 Å². The monoisotopic (exact) mass is 447 g/mol. The third kappa shape index (κ3) is 4.25. The average Bonchev–Trinajstić information content (AvgIpc) is 3.07. The van der Waals surface area contributed by atoms with Gasteiger partial charge in [0.05, 0.1) is 11.7 Å². The third-order valence-electron chi connectivity index (χ3n) is 5.92. The number of carbonyl (C=O) groups is 1. The van der Waals surface area contributed by atoms with Gasteiger partial charge in [0.25, 0.3) is 0 Å². The normalized spacial score (nSPS) is 19.2. The number of benzene rings is 1. The minimum absolute atomic E-state index is 0.0274. The van der Waals surface area contributed by atoms with Crippen LogP contribution in [0.1, 0.15) is 50.9 Å². The molecule has 5 rings (SSSR count). The number of ether oxygens (including phenoxy) is 1. The number of nitrogens with zero attached hydrogens (tertiary/aromatic N) is 4. The van der Waals surface area contributed by atoms with E-state index in [4.69, 9.17) is 14.7 Å². The molecular weight excluding hydrogens is 421 g/mol. The molecule has 0 saturated carbocycles. The van der Waals surface area contributed by atoms with Crippen molar-refractivity contribution in [1.82, 2.24) is 19.9 Å². The van der Waals surface area contributed by atoms with Crippen molar-refractivity contribution >= 4 is 17.6 Å². The second kappa shape index (κ2) is 8.10. The number of amides is 1. The van der Waals surface area contributed by atoms with Crippen molar-refractivity contribution in [2.45, 2.75) is 57.7 Å². The summed E-state index contributed by atoms with van der Waals surface area (Å²) >= 11 is 0. The largest absolute Gasteiger partial charge is 0.444 e. The van der Waals surface area contributed by atoms with Crippen LogP contribution in [-0.4, -0.2) is 37.6 Å². The summed E-state index contributed by atoms with van der Waals surface area (Å²) in [5, 5.41) is 3.29. The lowest BCUT2D eigenvalue weighted by Gasteiger charge is -2.37. The fraction of sp³-hybridized carbons (Fsp3) is 0.360. The Balaban J connectivity index is 1.60. The molecule has 2 atom stereocenters. The minimum Gasteiger partial charge on any atom is -0.444 e. The van der Waals surface area contributed by atoms with Crippen molar-refractivity contribution in [3.05, 3.63) is 65.9 Å².